The summed E-state index contributed by atoms with van der Waals surface area (Å²) >= 11 is 0. The molecule has 0 aliphatic heterocycles. The molecule has 1 unspecified atom stereocenters. The van der Waals surface area contributed by atoms with Crippen LogP contribution >= 0.6 is 12.4 Å². The number of urea groups is 1. The Labute approximate surface area is 145 Å². The number of amides is 2. The highest BCUT2D eigenvalue weighted by molar-refractivity contribution is 5.85. The maximum Gasteiger partial charge on any atom is 0.328 e. The summed E-state index contributed by atoms with van der Waals surface area (Å²) in [5, 5.41) is 15.0. The van der Waals surface area contributed by atoms with Crippen LogP contribution in [0.1, 0.15) is 40.5 Å². The Morgan fingerprint density at radius 1 is 1.26 bits per heavy atom. The third-order valence-electron chi connectivity index (χ3n) is 3.66. The predicted molar refractivity (Wildman–Crippen MR) is 92.5 cm³/mol. The van der Waals surface area contributed by atoms with Gasteiger partial charge in [0.05, 0.1) is 13.2 Å². The van der Waals surface area contributed by atoms with Gasteiger partial charge in [-0.2, -0.15) is 0 Å². The van der Waals surface area contributed by atoms with Crippen molar-refractivity contribution >= 4 is 24.4 Å². The second kappa shape index (κ2) is 12.4. The average Bonchev–Trinajstić information content (AvgIpc) is 2.47. The molecule has 4 atom stereocenters. The second-order valence-electron chi connectivity index (χ2n) is 6.10. The van der Waals surface area contributed by atoms with Crippen molar-refractivity contribution in [1.82, 2.24) is 10.6 Å². The zero-order chi connectivity index (χ0) is 17.3. The quantitative estimate of drug-likeness (QED) is 0.462. The number of hydrogen-bond donors (Lipinski definition) is 4. The van der Waals surface area contributed by atoms with E-state index in [4.69, 9.17) is 10.5 Å². The molecule has 0 aromatic rings. The van der Waals surface area contributed by atoms with Crippen molar-refractivity contribution in [3.8, 4) is 0 Å². The minimum atomic E-state index is -0.826. The predicted octanol–water partition coefficient (Wildman–Crippen LogP) is 1.03. The van der Waals surface area contributed by atoms with Gasteiger partial charge in [-0.3, -0.25) is 0 Å². The number of aliphatic hydroxyl groups is 1. The average molecular weight is 354 g/mol. The molecule has 0 heterocycles. The van der Waals surface area contributed by atoms with Crippen molar-refractivity contribution in [1.29, 1.82) is 0 Å². The summed E-state index contributed by atoms with van der Waals surface area (Å²) in [5.41, 5.74) is 5.85. The van der Waals surface area contributed by atoms with Gasteiger partial charge >= 0.3 is 12.0 Å². The van der Waals surface area contributed by atoms with Crippen LogP contribution in [0.2, 0.25) is 0 Å². The van der Waals surface area contributed by atoms with E-state index in [-0.39, 0.29) is 24.9 Å². The molecule has 0 saturated carbocycles. The van der Waals surface area contributed by atoms with Crippen LogP contribution in [0.5, 0.6) is 0 Å². The molecule has 0 spiro atoms. The van der Waals surface area contributed by atoms with Crippen LogP contribution in [0.4, 0.5) is 4.79 Å². The summed E-state index contributed by atoms with van der Waals surface area (Å²) in [4.78, 5) is 23.5. The summed E-state index contributed by atoms with van der Waals surface area (Å²) < 4.78 is 4.69. The lowest BCUT2D eigenvalue weighted by Gasteiger charge is -2.24. The van der Waals surface area contributed by atoms with Crippen molar-refractivity contribution in [3.05, 3.63) is 0 Å². The largest absolute Gasteiger partial charge is 0.467 e. The Hall–Kier alpha value is -1.05. The summed E-state index contributed by atoms with van der Waals surface area (Å²) in [6.07, 6.45) is 0.567. The van der Waals surface area contributed by atoms with E-state index in [0.717, 1.165) is 6.42 Å². The molecule has 0 saturated heterocycles. The van der Waals surface area contributed by atoms with Crippen LogP contribution in [0.15, 0.2) is 0 Å². The zero-order valence-corrected chi connectivity index (χ0v) is 15.5. The van der Waals surface area contributed by atoms with E-state index in [1.165, 1.54) is 7.11 Å². The summed E-state index contributed by atoms with van der Waals surface area (Å²) in [5.74, 6) is -0.166. The first-order valence-electron chi connectivity index (χ1n) is 7.78. The van der Waals surface area contributed by atoms with Gasteiger partial charge in [-0.25, -0.2) is 9.59 Å². The Kier molecular flexibility index (Phi) is 13.0. The van der Waals surface area contributed by atoms with E-state index in [2.05, 4.69) is 10.6 Å². The highest BCUT2D eigenvalue weighted by Gasteiger charge is 2.27. The first-order chi connectivity index (χ1) is 10.2. The van der Waals surface area contributed by atoms with E-state index in [1.807, 2.05) is 27.7 Å². The molecule has 138 valence electrons. The normalized spacial score (nSPS) is 15.8. The highest BCUT2D eigenvalue weighted by atomic mass is 35.5. The molecule has 0 rings (SSSR count). The molecule has 0 aliphatic carbocycles. The van der Waals surface area contributed by atoms with E-state index < -0.39 is 30.2 Å². The number of methoxy groups -OCH3 is 1. The SMILES string of the molecule is CC[C@H](C)[C@H](NC(=O)NCC(O)[C@@H](N)CC(C)C)C(=O)OC.Cl. The van der Waals surface area contributed by atoms with Crippen LogP contribution in [0, 0.1) is 11.8 Å². The van der Waals surface area contributed by atoms with E-state index in [9.17, 15) is 14.7 Å². The third kappa shape index (κ3) is 9.63. The third-order valence-corrected chi connectivity index (χ3v) is 3.66. The number of ether oxygens (including phenoxy) is 1. The molecule has 0 radical (unpaired) electrons. The summed E-state index contributed by atoms with van der Waals surface area (Å²) in [6, 6.07) is -1.63. The molecule has 5 N–H and O–H groups in total. The van der Waals surface area contributed by atoms with E-state index >= 15 is 0 Å². The number of nitrogens with two attached hydrogens (primary N) is 1. The van der Waals surface area contributed by atoms with Crippen LogP contribution in [0.3, 0.4) is 0 Å². The first kappa shape index (κ1) is 24.2. The fourth-order valence-corrected chi connectivity index (χ4v) is 2.04. The maximum absolute atomic E-state index is 11.9. The number of halogens is 1. The Morgan fingerprint density at radius 2 is 1.83 bits per heavy atom. The molecule has 0 fully saturated rings. The van der Waals surface area contributed by atoms with Crippen LogP contribution < -0.4 is 16.4 Å². The lowest BCUT2D eigenvalue weighted by Crippen LogP contribution is -2.52. The standard InChI is InChI=1S/C15H31N3O4.ClH/c1-6-10(4)13(14(20)22-5)18-15(21)17-8-12(19)11(16)7-9(2)3;/h9-13,19H,6-8,16H2,1-5H3,(H2,17,18,21);1H/t10-,11-,12?,13-;/m0./s1. The molecule has 0 aliphatic rings. The van der Waals surface area contributed by atoms with Crippen LogP contribution in [-0.2, 0) is 9.53 Å². The topological polar surface area (TPSA) is 114 Å². The van der Waals surface area contributed by atoms with Crippen molar-refractivity contribution in [2.75, 3.05) is 13.7 Å². The number of carbonyl (C=O) groups is 2. The van der Waals surface area contributed by atoms with Crippen LogP contribution in [-0.4, -0.2) is 48.9 Å². The van der Waals surface area contributed by atoms with Gasteiger partial charge in [0.2, 0.25) is 0 Å². The fraction of sp³-hybridized carbons (Fsp3) is 0.867. The van der Waals surface area contributed by atoms with Gasteiger partial charge in [-0.05, 0) is 18.3 Å². The van der Waals surface area contributed by atoms with Gasteiger partial charge in [0.25, 0.3) is 0 Å². The number of aliphatic hydroxyl groups excluding tert-OH is 1. The molecule has 0 aromatic carbocycles. The first-order valence-corrected chi connectivity index (χ1v) is 7.78. The molecule has 0 aromatic heterocycles. The van der Waals surface area contributed by atoms with E-state index in [1.54, 1.807) is 0 Å². The van der Waals surface area contributed by atoms with Crippen molar-refractivity contribution in [2.45, 2.75) is 58.7 Å². The highest BCUT2D eigenvalue weighted by Crippen LogP contribution is 2.09. The Bertz CT molecular complexity index is 356. The van der Waals surface area contributed by atoms with Crippen LogP contribution in [0.25, 0.3) is 0 Å². The van der Waals surface area contributed by atoms with Gasteiger partial charge in [0, 0.05) is 12.6 Å². The van der Waals surface area contributed by atoms with Gasteiger partial charge < -0.3 is 26.2 Å². The summed E-state index contributed by atoms with van der Waals surface area (Å²) in [7, 11) is 1.28. The van der Waals surface area contributed by atoms with Gasteiger partial charge in [0.1, 0.15) is 6.04 Å². The second-order valence-corrected chi connectivity index (χ2v) is 6.10. The molecule has 2 amide bonds. The zero-order valence-electron chi connectivity index (χ0n) is 14.7. The van der Waals surface area contributed by atoms with Gasteiger partial charge in [0.15, 0.2) is 0 Å². The van der Waals surface area contributed by atoms with Gasteiger partial charge in [-0.1, -0.05) is 34.1 Å². The number of carbonyl (C=O) groups excluding carboxylic acids is 2. The molecular weight excluding hydrogens is 322 g/mol. The van der Waals surface area contributed by atoms with Crippen molar-refractivity contribution in [3.63, 3.8) is 0 Å². The number of nitrogens with one attached hydrogen (secondary N) is 2. The lowest BCUT2D eigenvalue weighted by atomic mass is 9.99. The number of rotatable bonds is 9. The molecule has 23 heavy (non-hydrogen) atoms. The summed E-state index contributed by atoms with van der Waals surface area (Å²) in [6.45, 7) is 7.85. The smallest absolute Gasteiger partial charge is 0.328 e. The maximum atomic E-state index is 11.9. The van der Waals surface area contributed by atoms with Crippen molar-refractivity contribution in [2.24, 2.45) is 17.6 Å². The van der Waals surface area contributed by atoms with Gasteiger partial charge in [-0.15, -0.1) is 12.4 Å². The molecule has 0 bridgehead atoms. The Balaban J connectivity index is 0. The lowest BCUT2D eigenvalue weighted by molar-refractivity contribution is -0.144. The molecule has 8 heteroatoms. The fourth-order valence-electron chi connectivity index (χ4n) is 2.04. The molecule has 7 nitrogen and oxygen atoms in total. The number of hydrogen-bond acceptors (Lipinski definition) is 5. The van der Waals surface area contributed by atoms with Crippen molar-refractivity contribution < 1.29 is 19.4 Å². The minimum Gasteiger partial charge on any atom is -0.467 e. The van der Waals surface area contributed by atoms with E-state index in [0.29, 0.717) is 12.3 Å². The minimum absolute atomic E-state index is 0. The molecular formula is C15H32ClN3O4. The monoisotopic (exact) mass is 353 g/mol. The number of esters is 1. The Morgan fingerprint density at radius 3 is 2.26 bits per heavy atom.